The number of urea groups is 1. The number of rotatable bonds is 5. The molecule has 1 aromatic carbocycles. The van der Waals surface area contributed by atoms with E-state index in [0.29, 0.717) is 23.9 Å². The van der Waals surface area contributed by atoms with E-state index in [2.05, 4.69) is 20.8 Å². The Hall–Kier alpha value is -3.09. The molecule has 0 saturated carbocycles. The van der Waals surface area contributed by atoms with Crippen LogP contribution in [0, 0.1) is 0 Å². The number of amides is 2. The zero-order chi connectivity index (χ0) is 16.9. The summed E-state index contributed by atoms with van der Waals surface area (Å²) in [6, 6.07) is 12.3. The molecule has 2 amide bonds. The van der Waals surface area contributed by atoms with E-state index in [-0.39, 0.29) is 12.1 Å². The molecule has 0 aliphatic heterocycles. The van der Waals surface area contributed by atoms with Crippen molar-refractivity contribution in [3.8, 4) is 5.75 Å². The summed E-state index contributed by atoms with van der Waals surface area (Å²) in [6.45, 7) is 4.29. The molecule has 1 atom stereocenters. The molecule has 2 heterocycles. The number of hydrogen-bond acceptors (Lipinski definition) is 4. The first-order valence-electron chi connectivity index (χ1n) is 7.78. The highest BCUT2D eigenvalue weighted by atomic mass is 16.5. The van der Waals surface area contributed by atoms with Crippen LogP contribution in [0.3, 0.4) is 0 Å². The third kappa shape index (κ3) is 3.29. The molecule has 3 aromatic rings. The van der Waals surface area contributed by atoms with Gasteiger partial charge < -0.3 is 15.4 Å². The molecule has 0 spiro atoms. The van der Waals surface area contributed by atoms with Crippen LogP contribution in [-0.2, 0) is 0 Å². The number of hydrogen-bond donors (Lipinski definition) is 2. The number of pyridine rings is 1. The smallest absolute Gasteiger partial charge is 0.319 e. The van der Waals surface area contributed by atoms with Gasteiger partial charge in [-0.15, -0.1) is 10.2 Å². The predicted molar refractivity (Wildman–Crippen MR) is 91.2 cm³/mol. The van der Waals surface area contributed by atoms with Crippen molar-refractivity contribution in [1.29, 1.82) is 0 Å². The molecule has 2 N–H and O–H groups in total. The van der Waals surface area contributed by atoms with Crippen LogP contribution in [0.25, 0.3) is 5.65 Å². The number of ether oxygens (including phenoxy) is 1. The molecule has 24 heavy (non-hydrogen) atoms. The van der Waals surface area contributed by atoms with Crippen LogP contribution in [0.4, 0.5) is 10.5 Å². The largest absolute Gasteiger partial charge is 0.492 e. The van der Waals surface area contributed by atoms with Crippen LogP contribution in [0.15, 0.2) is 48.7 Å². The number of aromatic nitrogens is 3. The highest BCUT2D eigenvalue weighted by Gasteiger charge is 2.16. The normalized spacial score (nSPS) is 11.9. The first-order valence-corrected chi connectivity index (χ1v) is 7.78. The molecule has 0 aliphatic rings. The number of fused-ring (bicyclic) bond motifs is 1. The number of nitrogens with zero attached hydrogens (tertiary/aromatic N) is 3. The van der Waals surface area contributed by atoms with Gasteiger partial charge in [0, 0.05) is 6.20 Å². The highest BCUT2D eigenvalue weighted by Crippen LogP contribution is 2.23. The second kappa shape index (κ2) is 6.99. The van der Waals surface area contributed by atoms with Crippen molar-refractivity contribution in [3.05, 3.63) is 54.5 Å². The zero-order valence-electron chi connectivity index (χ0n) is 13.6. The molecular formula is C17H19N5O2. The minimum Gasteiger partial charge on any atom is -0.492 e. The minimum absolute atomic E-state index is 0.304. The van der Waals surface area contributed by atoms with Crippen LogP contribution in [-0.4, -0.2) is 27.2 Å². The van der Waals surface area contributed by atoms with Gasteiger partial charge in [-0.1, -0.05) is 18.2 Å². The van der Waals surface area contributed by atoms with Gasteiger partial charge in [0.05, 0.1) is 18.3 Å². The van der Waals surface area contributed by atoms with Gasteiger partial charge in [0.25, 0.3) is 0 Å². The highest BCUT2D eigenvalue weighted by molar-refractivity contribution is 5.91. The first kappa shape index (κ1) is 15.8. The van der Waals surface area contributed by atoms with E-state index in [0.717, 1.165) is 5.65 Å². The average Bonchev–Trinajstić information content (AvgIpc) is 3.01. The molecule has 0 bridgehead atoms. The van der Waals surface area contributed by atoms with Gasteiger partial charge in [-0.2, -0.15) is 0 Å². The summed E-state index contributed by atoms with van der Waals surface area (Å²) < 4.78 is 7.35. The third-order valence-corrected chi connectivity index (χ3v) is 3.51. The van der Waals surface area contributed by atoms with Crippen LogP contribution < -0.4 is 15.4 Å². The van der Waals surface area contributed by atoms with E-state index in [1.165, 1.54) is 0 Å². The van der Waals surface area contributed by atoms with E-state index in [4.69, 9.17) is 4.74 Å². The van der Waals surface area contributed by atoms with Crippen molar-refractivity contribution in [2.45, 2.75) is 19.9 Å². The maximum atomic E-state index is 12.3. The maximum absolute atomic E-state index is 12.3. The second-order valence-electron chi connectivity index (χ2n) is 5.24. The number of carbonyl (C=O) groups excluding carboxylic acids is 1. The molecule has 124 valence electrons. The van der Waals surface area contributed by atoms with E-state index in [9.17, 15) is 4.79 Å². The molecule has 0 saturated heterocycles. The van der Waals surface area contributed by atoms with Gasteiger partial charge in [-0.25, -0.2) is 4.79 Å². The van der Waals surface area contributed by atoms with Crippen molar-refractivity contribution in [2.75, 3.05) is 11.9 Å². The number of carbonyl (C=O) groups is 1. The number of nitrogens with one attached hydrogen (secondary N) is 2. The Morgan fingerprint density at radius 1 is 1.21 bits per heavy atom. The maximum Gasteiger partial charge on any atom is 0.319 e. The standard InChI is InChI=1S/C17H19N5O2/c1-3-24-14-9-5-4-8-13(14)19-17(23)18-12(2)16-21-20-15-10-6-7-11-22(15)16/h4-12H,3H2,1-2H3,(H2,18,19,23)/t12-/m1/s1. The van der Waals surface area contributed by atoms with Gasteiger partial charge in [0.2, 0.25) is 0 Å². The number of anilines is 1. The summed E-state index contributed by atoms with van der Waals surface area (Å²) in [5, 5.41) is 13.9. The van der Waals surface area contributed by atoms with Crippen LogP contribution in [0.2, 0.25) is 0 Å². The van der Waals surface area contributed by atoms with E-state index in [1.807, 2.05) is 60.8 Å². The van der Waals surface area contributed by atoms with Crippen LogP contribution in [0.5, 0.6) is 5.75 Å². The monoisotopic (exact) mass is 325 g/mol. The lowest BCUT2D eigenvalue weighted by atomic mass is 10.3. The van der Waals surface area contributed by atoms with Crippen molar-refractivity contribution in [2.24, 2.45) is 0 Å². The predicted octanol–water partition coefficient (Wildman–Crippen LogP) is 3.01. The minimum atomic E-state index is -0.331. The average molecular weight is 325 g/mol. The number of para-hydroxylation sites is 2. The van der Waals surface area contributed by atoms with Gasteiger partial charge in [-0.05, 0) is 38.1 Å². The van der Waals surface area contributed by atoms with Crippen molar-refractivity contribution >= 4 is 17.4 Å². The van der Waals surface area contributed by atoms with Crippen LogP contribution >= 0.6 is 0 Å². The van der Waals surface area contributed by atoms with E-state index >= 15 is 0 Å². The molecule has 0 fully saturated rings. The van der Waals surface area contributed by atoms with Crippen molar-refractivity contribution < 1.29 is 9.53 Å². The Morgan fingerprint density at radius 2 is 2.00 bits per heavy atom. The van der Waals surface area contributed by atoms with E-state index in [1.54, 1.807) is 6.07 Å². The fourth-order valence-electron chi connectivity index (χ4n) is 2.43. The summed E-state index contributed by atoms with van der Waals surface area (Å²) in [6.07, 6.45) is 1.87. The Labute approximate surface area is 139 Å². The van der Waals surface area contributed by atoms with Crippen molar-refractivity contribution in [1.82, 2.24) is 19.9 Å². The molecular weight excluding hydrogens is 306 g/mol. The molecule has 0 unspecified atom stereocenters. The number of benzene rings is 1. The van der Waals surface area contributed by atoms with Crippen molar-refractivity contribution in [3.63, 3.8) is 0 Å². The van der Waals surface area contributed by atoms with Gasteiger partial charge in [0.1, 0.15) is 5.75 Å². The Morgan fingerprint density at radius 3 is 2.83 bits per heavy atom. The lowest BCUT2D eigenvalue weighted by Crippen LogP contribution is -2.32. The fourth-order valence-corrected chi connectivity index (χ4v) is 2.43. The summed E-state index contributed by atoms with van der Waals surface area (Å²) in [4.78, 5) is 12.3. The summed E-state index contributed by atoms with van der Waals surface area (Å²) in [5.41, 5.74) is 1.36. The molecule has 2 aromatic heterocycles. The Balaban J connectivity index is 1.71. The quantitative estimate of drug-likeness (QED) is 0.755. The zero-order valence-corrected chi connectivity index (χ0v) is 13.6. The van der Waals surface area contributed by atoms with Crippen LogP contribution in [0.1, 0.15) is 25.7 Å². The van der Waals surface area contributed by atoms with Gasteiger partial charge in [-0.3, -0.25) is 4.40 Å². The lowest BCUT2D eigenvalue weighted by molar-refractivity contribution is 0.248. The lowest BCUT2D eigenvalue weighted by Gasteiger charge is -2.15. The molecule has 0 aliphatic carbocycles. The SMILES string of the molecule is CCOc1ccccc1NC(=O)N[C@H](C)c1nnc2ccccn12. The molecule has 3 rings (SSSR count). The summed E-state index contributed by atoms with van der Waals surface area (Å²) >= 11 is 0. The van der Waals surface area contributed by atoms with E-state index < -0.39 is 0 Å². The fraction of sp³-hybridized carbons (Fsp3) is 0.235. The molecule has 7 nitrogen and oxygen atoms in total. The summed E-state index contributed by atoms with van der Waals surface area (Å²) in [7, 11) is 0. The van der Waals surface area contributed by atoms with Gasteiger partial charge in [0.15, 0.2) is 11.5 Å². The Kier molecular flexibility index (Phi) is 4.60. The molecule has 0 radical (unpaired) electrons. The first-order chi connectivity index (χ1) is 11.7. The second-order valence-corrected chi connectivity index (χ2v) is 5.24. The molecule has 7 heteroatoms. The van der Waals surface area contributed by atoms with Gasteiger partial charge >= 0.3 is 6.03 Å². The topological polar surface area (TPSA) is 80.5 Å². The summed E-state index contributed by atoms with van der Waals surface area (Å²) in [5.74, 6) is 1.30. The Bertz CT molecular complexity index is 846. The third-order valence-electron chi connectivity index (χ3n) is 3.51.